The average molecular weight is 334 g/mol. The molecule has 0 aliphatic rings. The fraction of sp³-hybridized carbons (Fsp3) is 0. The van der Waals surface area contributed by atoms with Crippen molar-refractivity contribution in [3.8, 4) is 17.2 Å². The molecule has 0 fully saturated rings. The van der Waals surface area contributed by atoms with E-state index in [0.29, 0.717) is 11.1 Å². The SMILES string of the molecule is O=C(Oc1ccc(O)c(OC(=O)c2ccccc2)c1)c1ccccc1. The van der Waals surface area contributed by atoms with E-state index in [1.807, 2.05) is 0 Å². The van der Waals surface area contributed by atoms with Gasteiger partial charge in [-0.15, -0.1) is 0 Å². The fourth-order valence-electron chi connectivity index (χ4n) is 2.11. The van der Waals surface area contributed by atoms with E-state index >= 15 is 0 Å². The van der Waals surface area contributed by atoms with Gasteiger partial charge in [-0.1, -0.05) is 36.4 Å². The van der Waals surface area contributed by atoms with Crippen molar-refractivity contribution >= 4 is 11.9 Å². The Morgan fingerprint density at radius 1 is 0.680 bits per heavy atom. The van der Waals surface area contributed by atoms with Crippen LogP contribution in [0.1, 0.15) is 20.7 Å². The standard InChI is InChI=1S/C20H14O5/c21-17-12-11-16(24-19(22)14-7-3-1-4-8-14)13-18(17)25-20(23)15-9-5-2-6-10-15/h1-13,21H. The van der Waals surface area contributed by atoms with Gasteiger partial charge in [0.15, 0.2) is 11.5 Å². The van der Waals surface area contributed by atoms with Gasteiger partial charge in [0.25, 0.3) is 0 Å². The van der Waals surface area contributed by atoms with Gasteiger partial charge in [0.2, 0.25) is 0 Å². The van der Waals surface area contributed by atoms with Crippen LogP contribution in [0.4, 0.5) is 0 Å². The van der Waals surface area contributed by atoms with Crippen molar-refractivity contribution < 1.29 is 24.2 Å². The van der Waals surface area contributed by atoms with Gasteiger partial charge in [0.05, 0.1) is 11.1 Å². The van der Waals surface area contributed by atoms with Gasteiger partial charge >= 0.3 is 11.9 Å². The van der Waals surface area contributed by atoms with E-state index in [1.165, 1.54) is 18.2 Å². The monoisotopic (exact) mass is 334 g/mol. The van der Waals surface area contributed by atoms with Crippen LogP contribution in [0, 0.1) is 0 Å². The van der Waals surface area contributed by atoms with Crippen LogP contribution in [0.3, 0.4) is 0 Å². The van der Waals surface area contributed by atoms with Gasteiger partial charge in [-0.05, 0) is 36.4 Å². The third-order valence-corrected chi connectivity index (χ3v) is 3.36. The molecular weight excluding hydrogens is 320 g/mol. The van der Waals surface area contributed by atoms with E-state index in [4.69, 9.17) is 9.47 Å². The molecule has 3 aromatic rings. The fourth-order valence-corrected chi connectivity index (χ4v) is 2.11. The summed E-state index contributed by atoms with van der Waals surface area (Å²) in [5, 5.41) is 9.86. The lowest BCUT2D eigenvalue weighted by molar-refractivity contribution is 0.0728. The van der Waals surface area contributed by atoms with E-state index in [9.17, 15) is 14.7 Å². The molecule has 0 saturated heterocycles. The lowest BCUT2D eigenvalue weighted by Gasteiger charge is -2.09. The molecule has 0 heterocycles. The zero-order valence-corrected chi connectivity index (χ0v) is 13.1. The van der Waals surface area contributed by atoms with Crippen LogP contribution >= 0.6 is 0 Å². The topological polar surface area (TPSA) is 72.8 Å². The highest BCUT2D eigenvalue weighted by Crippen LogP contribution is 2.31. The highest BCUT2D eigenvalue weighted by molar-refractivity contribution is 5.92. The number of esters is 2. The van der Waals surface area contributed by atoms with E-state index in [1.54, 1.807) is 60.7 Å². The first-order chi connectivity index (χ1) is 12.1. The molecule has 0 aliphatic carbocycles. The number of phenolic OH excluding ortho intramolecular Hbond substituents is 1. The summed E-state index contributed by atoms with van der Waals surface area (Å²) in [7, 11) is 0. The maximum absolute atomic E-state index is 12.1. The van der Waals surface area contributed by atoms with Gasteiger partial charge < -0.3 is 14.6 Å². The Morgan fingerprint density at radius 2 is 1.20 bits per heavy atom. The molecule has 1 N–H and O–H groups in total. The zero-order chi connectivity index (χ0) is 17.6. The third kappa shape index (κ3) is 4.03. The first-order valence-corrected chi connectivity index (χ1v) is 7.51. The summed E-state index contributed by atoms with van der Waals surface area (Å²) < 4.78 is 10.4. The molecule has 0 spiro atoms. The Bertz CT molecular complexity index is 888. The van der Waals surface area contributed by atoms with Crippen molar-refractivity contribution in [1.29, 1.82) is 0 Å². The summed E-state index contributed by atoms with van der Waals surface area (Å²) in [6.07, 6.45) is 0. The largest absolute Gasteiger partial charge is 0.504 e. The Labute approximate surface area is 144 Å². The van der Waals surface area contributed by atoms with Gasteiger partial charge in [0, 0.05) is 6.07 Å². The van der Waals surface area contributed by atoms with Crippen molar-refractivity contribution in [3.05, 3.63) is 90.0 Å². The molecule has 5 nitrogen and oxygen atoms in total. The molecule has 3 aromatic carbocycles. The maximum Gasteiger partial charge on any atom is 0.343 e. The average Bonchev–Trinajstić information content (AvgIpc) is 2.66. The van der Waals surface area contributed by atoms with Gasteiger partial charge in [-0.3, -0.25) is 0 Å². The summed E-state index contributed by atoms with van der Waals surface area (Å²) in [4.78, 5) is 24.1. The summed E-state index contributed by atoms with van der Waals surface area (Å²) in [5.74, 6) is -1.34. The van der Waals surface area contributed by atoms with Crippen molar-refractivity contribution in [2.75, 3.05) is 0 Å². The molecule has 124 valence electrons. The molecule has 0 amide bonds. The molecule has 0 saturated carbocycles. The van der Waals surface area contributed by atoms with Crippen molar-refractivity contribution in [3.63, 3.8) is 0 Å². The Morgan fingerprint density at radius 3 is 1.76 bits per heavy atom. The summed E-state index contributed by atoms with van der Waals surface area (Å²) in [6, 6.07) is 20.9. The van der Waals surface area contributed by atoms with Crippen LogP contribution < -0.4 is 9.47 Å². The van der Waals surface area contributed by atoms with Crippen LogP contribution in [-0.4, -0.2) is 17.0 Å². The first-order valence-electron chi connectivity index (χ1n) is 7.51. The molecule has 3 rings (SSSR count). The van der Waals surface area contributed by atoms with Crippen LogP contribution in [-0.2, 0) is 0 Å². The second kappa shape index (κ2) is 7.31. The first kappa shape index (κ1) is 16.3. The van der Waals surface area contributed by atoms with Crippen LogP contribution in [0.5, 0.6) is 17.2 Å². The van der Waals surface area contributed by atoms with Crippen LogP contribution in [0.25, 0.3) is 0 Å². The Hall–Kier alpha value is -3.60. The molecule has 5 heteroatoms. The van der Waals surface area contributed by atoms with Crippen molar-refractivity contribution in [2.24, 2.45) is 0 Å². The predicted molar refractivity (Wildman–Crippen MR) is 90.9 cm³/mol. The minimum absolute atomic E-state index is 0.0905. The smallest absolute Gasteiger partial charge is 0.343 e. The minimum Gasteiger partial charge on any atom is -0.504 e. The quantitative estimate of drug-likeness (QED) is 0.580. The van der Waals surface area contributed by atoms with E-state index in [2.05, 4.69) is 0 Å². The molecule has 0 bridgehead atoms. The second-order valence-corrected chi connectivity index (χ2v) is 5.14. The third-order valence-electron chi connectivity index (χ3n) is 3.36. The van der Waals surface area contributed by atoms with E-state index in [0.717, 1.165) is 0 Å². The van der Waals surface area contributed by atoms with E-state index in [-0.39, 0.29) is 17.2 Å². The van der Waals surface area contributed by atoms with Gasteiger partial charge in [-0.2, -0.15) is 0 Å². The van der Waals surface area contributed by atoms with Gasteiger partial charge in [-0.25, -0.2) is 9.59 Å². The minimum atomic E-state index is -0.623. The highest BCUT2D eigenvalue weighted by Gasteiger charge is 2.14. The molecular formula is C20H14O5. The zero-order valence-electron chi connectivity index (χ0n) is 13.1. The number of carbonyl (C=O) groups is 2. The number of ether oxygens (including phenoxy) is 2. The normalized spacial score (nSPS) is 10.1. The predicted octanol–water partition coefficient (Wildman–Crippen LogP) is 3.83. The number of rotatable bonds is 4. The summed E-state index contributed by atoms with van der Waals surface area (Å²) in [6.45, 7) is 0. The molecule has 0 unspecified atom stereocenters. The highest BCUT2D eigenvalue weighted by atomic mass is 16.5. The van der Waals surface area contributed by atoms with Crippen molar-refractivity contribution in [2.45, 2.75) is 0 Å². The number of aromatic hydroxyl groups is 1. The summed E-state index contributed by atoms with van der Waals surface area (Å²) in [5.41, 5.74) is 0.729. The van der Waals surface area contributed by atoms with Gasteiger partial charge in [0.1, 0.15) is 5.75 Å². The van der Waals surface area contributed by atoms with E-state index < -0.39 is 11.9 Å². The lowest BCUT2D eigenvalue weighted by atomic mass is 10.2. The van der Waals surface area contributed by atoms with Crippen LogP contribution in [0.15, 0.2) is 78.9 Å². The Kier molecular flexibility index (Phi) is 4.76. The second-order valence-electron chi connectivity index (χ2n) is 5.14. The number of hydrogen-bond acceptors (Lipinski definition) is 5. The number of phenols is 1. The number of hydrogen-bond donors (Lipinski definition) is 1. The molecule has 25 heavy (non-hydrogen) atoms. The van der Waals surface area contributed by atoms with Crippen LogP contribution in [0.2, 0.25) is 0 Å². The summed E-state index contributed by atoms with van der Waals surface area (Å²) >= 11 is 0. The molecule has 0 aromatic heterocycles. The Balaban J connectivity index is 1.76. The lowest BCUT2D eigenvalue weighted by Crippen LogP contribution is -2.10. The van der Waals surface area contributed by atoms with Crippen molar-refractivity contribution in [1.82, 2.24) is 0 Å². The molecule has 0 atom stereocenters. The number of carbonyl (C=O) groups excluding carboxylic acids is 2. The number of benzene rings is 3. The molecule has 0 aliphatic heterocycles. The maximum atomic E-state index is 12.1. The molecule has 0 radical (unpaired) electrons.